The number of nitrogens with zero attached hydrogens (tertiary/aromatic N) is 1. The van der Waals surface area contributed by atoms with Crippen molar-refractivity contribution in [2.24, 2.45) is 0 Å². The molecule has 0 aliphatic carbocycles. The van der Waals surface area contributed by atoms with Crippen molar-refractivity contribution in [3.05, 3.63) is 29.8 Å². The van der Waals surface area contributed by atoms with Crippen LogP contribution in [-0.2, 0) is 14.3 Å². The lowest BCUT2D eigenvalue weighted by molar-refractivity contribution is -0.116. The first kappa shape index (κ1) is 16.2. The largest absolute Gasteiger partial charge is 0.379 e. The van der Waals surface area contributed by atoms with Crippen LogP contribution in [0.2, 0.25) is 0 Å². The lowest BCUT2D eigenvalue weighted by Gasteiger charge is -2.06. The predicted octanol–water partition coefficient (Wildman–Crippen LogP) is 2.33. The van der Waals surface area contributed by atoms with Crippen molar-refractivity contribution in [3.63, 3.8) is 0 Å². The molecular formula is C15H20N2O3. The second-order valence-electron chi connectivity index (χ2n) is 4.15. The zero-order valence-corrected chi connectivity index (χ0v) is 11.7. The summed E-state index contributed by atoms with van der Waals surface area (Å²) < 4.78 is 10.5. The molecule has 0 unspecified atom stereocenters. The van der Waals surface area contributed by atoms with Gasteiger partial charge in [0.25, 0.3) is 0 Å². The number of amides is 1. The van der Waals surface area contributed by atoms with Gasteiger partial charge in [0.2, 0.25) is 5.91 Å². The van der Waals surface area contributed by atoms with Crippen molar-refractivity contribution in [2.45, 2.75) is 19.8 Å². The molecule has 0 saturated heterocycles. The molecule has 1 aromatic carbocycles. The second-order valence-corrected chi connectivity index (χ2v) is 4.15. The van der Waals surface area contributed by atoms with Gasteiger partial charge < -0.3 is 14.8 Å². The van der Waals surface area contributed by atoms with Gasteiger partial charge in [-0.05, 0) is 37.6 Å². The van der Waals surface area contributed by atoms with Gasteiger partial charge in [-0.1, -0.05) is 0 Å². The maximum absolute atomic E-state index is 11.6. The third kappa shape index (κ3) is 6.88. The fourth-order valence-electron chi connectivity index (χ4n) is 1.55. The molecule has 1 rings (SSSR count). The summed E-state index contributed by atoms with van der Waals surface area (Å²) >= 11 is 0. The predicted molar refractivity (Wildman–Crippen MR) is 76.3 cm³/mol. The summed E-state index contributed by atoms with van der Waals surface area (Å²) in [6.07, 6.45) is 1.09. The van der Waals surface area contributed by atoms with Crippen LogP contribution in [0.4, 0.5) is 5.69 Å². The minimum atomic E-state index is -0.0527. The lowest BCUT2D eigenvalue weighted by Crippen LogP contribution is -2.13. The fraction of sp³-hybridized carbons (Fsp3) is 0.467. The van der Waals surface area contributed by atoms with Crippen LogP contribution in [0.5, 0.6) is 0 Å². The van der Waals surface area contributed by atoms with Crippen LogP contribution in [0.3, 0.4) is 0 Å². The molecule has 0 radical (unpaired) electrons. The van der Waals surface area contributed by atoms with Crippen molar-refractivity contribution >= 4 is 11.6 Å². The number of ether oxygens (including phenoxy) is 2. The molecule has 0 bridgehead atoms. The third-order valence-electron chi connectivity index (χ3n) is 2.57. The summed E-state index contributed by atoms with van der Waals surface area (Å²) in [5, 5.41) is 11.4. The van der Waals surface area contributed by atoms with Crippen molar-refractivity contribution in [3.8, 4) is 6.07 Å². The highest BCUT2D eigenvalue weighted by molar-refractivity contribution is 5.90. The summed E-state index contributed by atoms with van der Waals surface area (Å²) in [6, 6.07) is 8.81. The van der Waals surface area contributed by atoms with E-state index >= 15 is 0 Å². The molecule has 20 heavy (non-hydrogen) atoms. The zero-order valence-electron chi connectivity index (χ0n) is 11.7. The molecule has 0 aliphatic rings. The number of anilines is 1. The molecule has 0 heterocycles. The Morgan fingerprint density at radius 1 is 1.20 bits per heavy atom. The maximum atomic E-state index is 11.6. The Bertz CT molecular complexity index is 437. The van der Waals surface area contributed by atoms with E-state index in [4.69, 9.17) is 14.7 Å². The topological polar surface area (TPSA) is 71.3 Å². The van der Waals surface area contributed by atoms with Gasteiger partial charge in [-0.25, -0.2) is 0 Å². The second kappa shape index (κ2) is 9.96. The van der Waals surface area contributed by atoms with Gasteiger partial charge in [-0.3, -0.25) is 4.79 Å². The van der Waals surface area contributed by atoms with E-state index in [1.165, 1.54) is 0 Å². The molecule has 5 nitrogen and oxygen atoms in total. The van der Waals surface area contributed by atoms with E-state index in [9.17, 15) is 4.79 Å². The maximum Gasteiger partial charge on any atom is 0.224 e. The first-order valence-electron chi connectivity index (χ1n) is 6.71. The molecule has 0 aromatic heterocycles. The first-order valence-corrected chi connectivity index (χ1v) is 6.71. The molecule has 0 atom stereocenters. The smallest absolute Gasteiger partial charge is 0.224 e. The number of hydrogen-bond donors (Lipinski definition) is 1. The van der Waals surface area contributed by atoms with E-state index in [2.05, 4.69) is 5.32 Å². The monoisotopic (exact) mass is 276 g/mol. The Balaban J connectivity index is 2.12. The van der Waals surface area contributed by atoms with E-state index in [0.717, 1.165) is 0 Å². The Labute approximate surface area is 119 Å². The van der Waals surface area contributed by atoms with Crippen molar-refractivity contribution in [1.29, 1.82) is 5.26 Å². The number of nitrogens with one attached hydrogen (secondary N) is 1. The lowest BCUT2D eigenvalue weighted by atomic mass is 10.2. The van der Waals surface area contributed by atoms with Gasteiger partial charge in [-0.2, -0.15) is 5.26 Å². The van der Waals surface area contributed by atoms with Crippen molar-refractivity contribution < 1.29 is 14.3 Å². The van der Waals surface area contributed by atoms with E-state index in [1.807, 2.05) is 13.0 Å². The number of carbonyl (C=O) groups excluding carboxylic acids is 1. The van der Waals surface area contributed by atoms with Crippen molar-refractivity contribution in [1.82, 2.24) is 0 Å². The number of rotatable bonds is 9. The molecule has 5 heteroatoms. The minimum Gasteiger partial charge on any atom is -0.379 e. The molecule has 1 amide bonds. The average molecular weight is 276 g/mol. The van der Waals surface area contributed by atoms with Gasteiger partial charge >= 0.3 is 0 Å². The molecular weight excluding hydrogens is 256 g/mol. The molecule has 0 aliphatic heterocycles. The van der Waals surface area contributed by atoms with Crippen LogP contribution in [0, 0.1) is 11.3 Å². The molecule has 1 aromatic rings. The zero-order chi connectivity index (χ0) is 14.6. The van der Waals surface area contributed by atoms with Crippen LogP contribution in [-0.4, -0.2) is 32.3 Å². The summed E-state index contributed by atoms with van der Waals surface area (Å²) in [5.74, 6) is -0.0527. The highest BCUT2D eigenvalue weighted by Crippen LogP contribution is 2.09. The Hall–Kier alpha value is -1.90. The highest BCUT2D eigenvalue weighted by Gasteiger charge is 2.02. The highest BCUT2D eigenvalue weighted by atomic mass is 16.5. The Kier molecular flexibility index (Phi) is 8.04. The molecule has 1 N–H and O–H groups in total. The van der Waals surface area contributed by atoms with Gasteiger partial charge in [0.15, 0.2) is 0 Å². The van der Waals surface area contributed by atoms with Crippen LogP contribution >= 0.6 is 0 Å². The van der Waals surface area contributed by atoms with Crippen LogP contribution in [0.15, 0.2) is 24.3 Å². The fourth-order valence-corrected chi connectivity index (χ4v) is 1.55. The van der Waals surface area contributed by atoms with Gasteiger partial charge in [-0.15, -0.1) is 0 Å². The normalized spacial score (nSPS) is 10.0. The number of carbonyl (C=O) groups is 1. The Morgan fingerprint density at radius 3 is 2.55 bits per heavy atom. The molecule has 0 saturated carbocycles. The number of nitriles is 1. The Morgan fingerprint density at radius 2 is 1.90 bits per heavy atom. The average Bonchev–Trinajstić information content (AvgIpc) is 2.47. The number of benzene rings is 1. The first-order chi connectivity index (χ1) is 9.76. The standard InChI is InChI=1S/C15H20N2O3/c1-2-19-10-11-20-9-3-4-15(18)17-14-7-5-13(12-16)6-8-14/h5-8H,2-4,9-11H2,1H3,(H,17,18). The molecule has 0 fully saturated rings. The van der Waals surface area contributed by atoms with E-state index in [1.54, 1.807) is 24.3 Å². The molecule has 108 valence electrons. The third-order valence-corrected chi connectivity index (χ3v) is 2.57. The summed E-state index contributed by atoms with van der Waals surface area (Å²) in [5.41, 5.74) is 1.27. The van der Waals surface area contributed by atoms with Gasteiger partial charge in [0, 0.05) is 25.3 Å². The van der Waals surface area contributed by atoms with E-state index < -0.39 is 0 Å². The quantitative estimate of drug-likeness (QED) is 0.703. The van der Waals surface area contributed by atoms with Gasteiger partial charge in [0.05, 0.1) is 24.8 Å². The van der Waals surface area contributed by atoms with E-state index in [0.29, 0.717) is 50.5 Å². The molecule has 0 spiro atoms. The SMILES string of the molecule is CCOCCOCCCC(=O)Nc1ccc(C#N)cc1. The van der Waals surface area contributed by atoms with Crippen LogP contribution in [0.25, 0.3) is 0 Å². The van der Waals surface area contributed by atoms with Crippen LogP contribution in [0.1, 0.15) is 25.3 Å². The summed E-state index contributed by atoms with van der Waals surface area (Å²) in [7, 11) is 0. The summed E-state index contributed by atoms with van der Waals surface area (Å²) in [4.78, 5) is 11.6. The van der Waals surface area contributed by atoms with Crippen LogP contribution < -0.4 is 5.32 Å². The van der Waals surface area contributed by atoms with Crippen molar-refractivity contribution in [2.75, 3.05) is 31.7 Å². The van der Waals surface area contributed by atoms with Gasteiger partial charge in [0.1, 0.15) is 0 Å². The van der Waals surface area contributed by atoms with E-state index in [-0.39, 0.29) is 5.91 Å². The minimum absolute atomic E-state index is 0.0527. The number of hydrogen-bond acceptors (Lipinski definition) is 4. The summed E-state index contributed by atoms with van der Waals surface area (Å²) in [6.45, 7) is 4.33.